The molecule has 4 rings (SSSR count). The lowest BCUT2D eigenvalue weighted by Gasteiger charge is -2.35. The highest BCUT2D eigenvalue weighted by Crippen LogP contribution is 2.27. The van der Waals surface area contributed by atoms with E-state index in [0.29, 0.717) is 13.2 Å². The average Bonchev–Trinajstić information content (AvgIpc) is 2.95. The molecule has 0 atom stereocenters. The van der Waals surface area contributed by atoms with Gasteiger partial charge in [-0.3, -0.25) is 4.90 Å². The minimum Gasteiger partial charge on any atom is -0.493 e. The summed E-state index contributed by atoms with van der Waals surface area (Å²) >= 11 is 0. The van der Waals surface area contributed by atoms with Crippen molar-refractivity contribution in [1.82, 2.24) is 9.80 Å². The van der Waals surface area contributed by atoms with Crippen molar-refractivity contribution in [2.24, 2.45) is 5.73 Å². The molecule has 0 radical (unpaired) electrons. The number of ether oxygens (including phenoxy) is 2. The predicted octanol–water partition coefficient (Wildman–Crippen LogP) is 5.18. The van der Waals surface area contributed by atoms with Gasteiger partial charge in [-0.05, 0) is 62.4 Å². The maximum Gasteiger partial charge on any atom is 0.127 e. The van der Waals surface area contributed by atoms with Crippen LogP contribution in [0.15, 0.2) is 78.9 Å². The molecule has 5 heteroatoms. The molecule has 1 aliphatic rings. The average molecular weight is 502 g/mol. The number of nitrogens with two attached hydrogens (primary N) is 1. The van der Waals surface area contributed by atoms with Gasteiger partial charge in [0.15, 0.2) is 0 Å². The summed E-state index contributed by atoms with van der Waals surface area (Å²) in [5.41, 5.74) is 9.64. The molecule has 0 aliphatic carbocycles. The molecule has 0 saturated carbocycles. The highest BCUT2D eigenvalue weighted by atomic mass is 16.5. The van der Waals surface area contributed by atoms with Crippen molar-refractivity contribution < 1.29 is 9.47 Å². The molecular weight excluding hydrogens is 458 g/mol. The molecule has 0 bridgehead atoms. The maximum atomic E-state index is 6.36. The Balaban J connectivity index is 1.31. The monoisotopic (exact) mass is 501 g/mol. The quantitative estimate of drug-likeness (QED) is 0.291. The number of nitrogens with zero attached hydrogens (tertiary/aromatic N) is 2. The lowest BCUT2D eigenvalue weighted by Crippen LogP contribution is -2.46. The Labute approximate surface area is 223 Å². The van der Waals surface area contributed by atoms with Crippen LogP contribution in [0.5, 0.6) is 11.5 Å². The first-order valence-corrected chi connectivity index (χ1v) is 13.9. The van der Waals surface area contributed by atoms with Gasteiger partial charge >= 0.3 is 0 Å². The van der Waals surface area contributed by atoms with Gasteiger partial charge in [-0.2, -0.15) is 0 Å². The zero-order valence-corrected chi connectivity index (χ0v) is 22.2. The van der Waals surface area contributed by atoms with E-state index in [-0.39, 0.29) is 0 Å². The summed E-state index contributed by atoms with van der Waals surface area (Å²) in [6.07, 6.45) is 5.11. The number of benzene rings is 3. The van der Waals surface area contributed by atoms with Crippen molar-refractivity contribution in [3.05, 3.63) is 95.6 Å². The van der Waals surface area contributed by atoms with Crippen LogP contribution in [-0.4, -0.2) is 62.3 Å². The van der Waals surface area contributed by atoms with E-state index < -0.39 is 0 Å². The van der Waals surface area contributed by atoms with Crippen LogP contribution in [0, 0.1) is 0 Å². The molecule has 0 unspecified atom stereocenters. The lowest BCUT2D eigenvalue weighted by atomic mass is 10.1. The van der Waals surface area contributed by atoms with E-state index in [0.717, 1.165) is 89.4 Å². The number of hydrogen-bond acceptors (Lipinski definition) is 5. The number of piperazine rings is 1. The van der Waals surface area contributed by atoms with Gasteiger partial charge in [0.2, 0.25) is 0 Å². The van der Waals surface area contributed by atoms with Crippen LogP contribution < -0.4 is 15.2 Å². The van der Waals surface area contributed by atoms with Crippen molar-refractivity contribution in [3.8, 4) is 11.5 Å². The minimum atomic E-state index is 0.701. The summed E-state index contributed by atoms with van der Waals surface area (Å²) in [5.74, 6) is 1.85. The van der Waals surface area contributed by atoms with Crippen LogP contribution in [0.25, 0.3) is 0 Å². The van der Waals surface area contributed by atoms with Crippen LogP contribution in [0.4, 0.5) is 0 Å². The molecule has 0 amide bonds. The normalized spacial score (nSPS) is 14.5. The summed E-state index contributed by atoms with van der Waals surface area (Å²) in [7, 11) is 0. The first-order valence-electron chi connectivity index (χ1n) is 13.9. The number of aryl methyl sites for hydroxylation is 2. The van der Waals surface area contributed by atoms with E-state index >= 15 is 0 Å². The topological polar surface area (TPSA) is 51.0 Å². The van der Waals surface area contributed by atoms with E-state index in [4.69, 9.17) is 15.2 Å². The van der Waals surface area contributed by atoms with Gasteiger partial charge in [0, 0.05) is 44.4 Å². The van der Waals surface area contributed by atoms with Crippen molar-refractivity contribution >= 4 is 0 Å². The fraction of sp³-hybridized carbons (Fsp3) is 0.438. The molecule has 198 valence electrons. The molecule has 3 aromatic carbocycles. The molecule has 5 nitrogen and oxygen atoms in total. The van der Waals surface area contributed by atoms with E-state index in [1.807, 2.05) is 0 Å². The summed E-state index contributed by atoms with van der Waals surface area (Å²) in [5, 5.41) is 0. The fourth-order valence-corrected chi connectivity index (χ4v) is 4.83. The van der Waals surface area contributed by atoms with Crippen LogP contribution >= 0.6 is 0 Å². The van der Waals surface area contributed by atoms with Gasteiger partial charge in [-0.25, -0.2) is 0 Å². The Hall–Kier alpha value is -2.86. The Morgan fingerprint density at radius 1 is 0.649 bits per heavy atom. The van der Waals surface area contributed by atoms with Crippen molar-refractivity contribution in [1.29, 1.82) is 0 Å². The third-order valence-corrected chi connectivity index (χ3v) is 7.01. The molecule has 1 heterocycles. The standard InChI is InChI=1S/C32H43N3O2/c33-18-9-19-34-20-22-35(23-21-34)27-30-16-17-31(36-24-7-14-28-10-3-1-4-11-28)26-32(30)37-25-8-15-29-12-5-2-6-13-29/h1-6,10-13,16-17,26H,7-9,14-15,18-25,27,33H2. The predicted molar refractivity (Wildman–Crippen MR) is 152 cm³/mol. The van der Waals surface area contributed by atoms with Crippen LogP contribution in [0.3, 0.4) is 0 Å². The van der Waals surface area contributed by atoms with E-state index in [9.17, 15) is 0 Å². The van der Waals surface area contributed by atoms with Gasteiger partial charge in [0.05, 0.1) is 13.2 Å². The molecule has 0 aromatic heterocycles. The minimum absolute atomic E-state index is 0.701. The second kappa shape index (κ2) is 15.4. The second-order valence-corrected chi connectivity index (χ2v) is 9.90. The first kappa shape index (κ1) is 27.2. The largest absolute Gasteiger partial charge is 0.493 e. The summed E-state index contributed by atoms with van der Waals surface area (Å²) < 4.78 is 12.5. The summed E-state index contributed by atoms with van der Waals surface area (Å²) in [6, 6.07) is 27.6. The number of rotatable bonds is 15. The van der Waals surface area contributed by atoms with Gasteiger partial charge < -0.3 is 20.1 Å². The zero-order chi connectivity index (χ0) is 25.5. The Morgan fingerprint density at radius 2 is 1.24 bits per heavy atom. The molecule has 1 fully saturated rings. The van der Waals surface area contributed by atoms with Crippen LogP contribution in [0.1, 0.15) is 36.0 Å². The fourth-order valence-electron chi connectivity index (χ4n) is 4.83. The first-order chi connectivity index (χ1) is 18.3. The van der Waals surface area contributed by atoms with Crippen molar-refractivity contribution in [2.45, 2.75) is 38.6 Å². The smallest absolute Gasteiger partial charge is 0.127 e. The maximum absolute atomic E-state index is 6.36. The SMILES string of the molecule is NCCCN1CCN(Cc2ccc(OCCCc3ccccc3)cc2OCCCc2ccccc2)CC1. The molecule has 1 aliphatic heterocycles. The molecular formula is C32H43N3O2. The highest BCUT2D eigenvalue weighted by Gasteiger charge is 2.18. The molecule has 2 N–H and O–H groups in total. The summed E-state index contributed by atoms with van der Waals surface area (Å²) in [4.78, 5) is 5.06. The van der Waals surface area contributed by atoms with E-state index in [1.54, 1.807) is 0 Å². The van der Waals surface area contributed by atoms with Crippen molar-refractivity contribution in [3.63, 3.8) is 0 Å². The molecule has 1 saturated heterocycles. The van der Waals surface area contributed by atoms with Crippen LogP contribution in [-0.2, 0) is 19.4 Å². The van der Waals surface area contributed by atoms with E-state index in [2.05, 4.69) is 88.7 Å². The third-order valence-electron chi connectivity index (χ3n) is 7.01. The lowest BCUT2D eigenvalue weighted by molar-refractivity contribution is 0.125. The highest BCUT2D eigenvalue weighted by molar-refractivity contribution is 5.41. The molecule has 37 heavy (non-hydrogen) atoms. The van der Waals surface area contributed by atoms with Crippen molar-refractivity contribution in [2.75, 3.05) is 52.5 Å². The Kier molecular flexibility index (Phi) is 11.3. The zero-order valence-electron chi connectivity index (χ0n) is 22.2. The van der Waals surface area contributed by atoms with E-state index in [1.165, 1.54) is 16.7 Å². The van der Waals surface area contributed by atoms with Gasteiger partial charge in [-0.15, -0.1) is 0 Å². The van der Waals surface area contributed by atoms with Crippen LogP contribution in [0.2, 0.25) is 0 Å². The van der Waals surface area contributed by atoms with Gasteiger partial charge in [-0.1, -0.05) is 66.7 Å². The summed E-state index contributed by atoms with van der Waals surface area (Å²) in [6.45, 7) is 8.56. The van der Waals surface area contributed by atoms with Gasteiger partial charge in [0.1, 0.15) is 11.5 Å². The second-order valence-electron chi connectivity index (χ2n) is 9.90. The van der Waals surface area contributed by atoms with Gasteiger partial charge in [0.25, 0.3) is 0 Å². The Morgan fingerprint density at radius 3 is 1.86 bits per heavy atom. The Bertz CT molecular complexity index is 1020. The molecule has 3 aromatic rings. The third kappa shape index (κ3) is 9.51. The number of hydrogen-bond donors (Lipinski definition) is 1. The molecule has 0 spiro atoms.